The Labute approximate surface area is 117 Å². The van der Waals surface area contributed by atoms with Gasteiger partial charge >= 0.3 is 0 Å². The van der Waals surface area contributed by atoms with Gasteiger partial charge in [-0.3, -0.25) is 0 Å². The van der Waals surface area contributed by atoms with Crippen molar-refractivity contribution in [3.63, 3.8) is 0 Å². The Morgan fingerprint density at radius 2 is 2.20 bits per heavy atom. The molecule has 3 rings (SSSR count). The first-order valence-corrected chi connectivity index (χ1v) is 6.84. The van der Waals surface area contributed by atoms with Gasteiger partial charge in [-0.25, -0.2) is 4.39 Å². The largest absolute Gasteiger partial charge is 0.376 e. The fourth-order valence-electron chi connectivity index (χ4n) is 2.72. The predicted octanol–water partition coefficient (Wildman–Crippen LogP) is 2.18. The topological polar surface area (TPSA) is 36.9 Å². The Bertz CT molecular complexity index is 479. The lowest BCUT2D eigenvalue weighted by atomic mass is 10.0. The number of ether oxygens (including phenoxy) is 4. The number of hydrogen-bond acceptors (Lipinski definition) is 4. The van der Waals surface area contributed by atoms with Gasteiger partial charge in [-0.15, -0.1) is 0 Å². The third kappa shape index (κ3) is 2.59. The molecule has 5 heteroatoms. The van der Waals surface area contributed by atoms with Gasteiger partial charge in [0.25, 0.3) is 0 Å². The van der Waals surface area contributed by atoms with E-state index in [4.69, 9.17) is 18.9 Å². The molecule has 0 unspecified atom stereocenters. The Hall–Kier alpha value is -1.01. The number of rotatable bonds is 4. The summed E-state index contributed by atoms with van der Waals surface area (Å²) in [7, 11) is 1.63. The van der Waals surface area contributed by atoms with Crippen molar-refractivity contribution in [2.75, 3.05) is 13.7 Å². The second-order valence-electron chi connectivity index (χ2n) is 5.28. The van der Waals surface area contributed by atoms with Crippen molar-refractivity contribution in [3.8, 4) is 0 Å². The van der Waals surface area contributed by atoms with Crippen LogP contribution in [0.2, 0.25) is 0 Å². The molecule has 4 nitrogen and oxygen atoms in total. The van der Waals surface area contributed by atoms with E-state index < -0.39 is 0 Å². The summed E-state index contributed by atoms with van der Waals surface area (Å²) in [5.74, 6) is -0.201. The average molecular weight is 282 g/mol. The van der Waals surface area contributed by atoms with Crippen LogP contribution in [0, 0.1) is 12.7 Å². The van der Waals surface area contributed by atoms with Crippen molar-refractivity contribution >= 4 is 0 Å². The monoisotopic (exact) mass is 282 g/mol. The molecule has 0 aromatic heterocycles. The van der Waals surface area contributed by atoms with E-state index in [1.807, 2.05) is 6.07 Å². The second kappa shape index (κ2) is 5.77. The zero-order chi connectivity index (χ0) is 14.1. The first kappa shape index (κ1) is 13.9. The number of halogens is 1. The van der Waals surface area contributed by atoms with E-state index in [0.29, 0.717) is 24.2 Å². The molecular formula is C15H19FO4. The number of methoxy groups -OCH3 is 1. The lowest BCUT2D eigenvalue weighted by Crippen LogP contribution is -2.44. The van der Waals surface area contributed by atoms with Gasteiger partial charge in [0.2, 0.25) is 0 Å². The van der Waals surface area contributed by atoms with Crippen LogP contribution >= 0.6 is 0 Å². The summed E-state index contributed by atoms with van der Waals surface area (Å²) in [6.07, 6.45) is 0.0822. The first-order chi connectivity index (χ1) is 9.69. The summed E-state index contributed by atoms with van der Waals surface area (Å²) >= 11 is 0. The smallest absolute Gasteiger partial charge is 0.184 e. The zero-order valence-electron chi connectivity index (χ0n) is 11.7. The fraction of sp³-hybridized carbons (Fsp3) is 0.600. The van der Waals surface area contributed by atoms with Crippen LogP contribution in [-0.2, 0) is 25.6 Å². The maximum absolute atomic E-state index is 13.9. The van der Waals surface area contributed by atoms with Crippen molar-refractivity contribution in [2.24, 2.45) is 0 Å². The lowest BCUT2D eigenvalue weighted by Gasteiger charge is -2.32. The number of fused-ring (bicyclic) bond motifs is 2. The van der Waals surface area contributed by atoms with Crippen LogP contribution in [0.25, 0.3) is 0 Å². The van der Waals surface area contributed by atoms with Crippen LogP contribution in [0.1, 0.15) is 17.5 Å². The van der Waals surface area contributed by atoms with Gasteiger partial charge in [-0.2, -0.15) is 0 Å². The average Bonchev–Trinajstić information content (AvgIpc) is 2.87. The Morgan fingerprint density at radius 3 is 3.00 bits per heavy atom. The van der Waals surface area contributed by atoms with Crippen molar-refractivity contribution in [1.82, 2.24) is 0 Å². The molecule has 20 heavy (non-hydrogen) atoms. The summed E-state index contributed by atoms with van der Waals surface area (Å²) in [6.45, 7) is 2.49. The maximum atomic E-state index is 13.9. The van der Waals surface area contributed by atoms with Crippen LogP contribution in [0.5, 0.6) is 0 Å². The van der Waals surface area contributed by atoms with Gasteiger partial charge in [-0.1, -0.05) is 18.2 Å². The normalized spacial score (nSPS) is 32.5. The number of hydrogen-bond donors (Lipinski definition) is 0. The molecule has 2 heterocycles. The highest BCUT2D eigenvalue weighted by molar-refractivity contribution is 5.24. The molecule has 0 saturated carbocycles. The first-order valence-electron chi connectivity index (χ1n) is 6.84. The van der Waals surface area contributed by atoms with Crippen LogP contribution in [0.15, 0.2) is 18.2 Å². The molecule has 1 aromatic rings. The van der Waals surface area contributed by atoms with Crippen molar-refractivity contribution in [3.05, 3.63) is 35.1 Å². The van der Waals surface area contributed by atoms with Gasteiger partial charge in [0.15, 0.2) is 6.29 Å². The molecule has 2 saturated heterocycles. The van der Waals surface area contributed by atoms with Crippen molar-refractivity contribution in [1.29, 1.82) is 0 Å². The lowest BCUT2D eigenvalue weighted by molar-refractivity contribution is -0.201. The minimum absolute atomic E-state index is 0.0840. The molecule has 0 amide bonds. The Morgan fingerprint density at radius 1 is 1.35 bits per heavy atom. The summed E-state index contributed by atoms with van der Waals surface area (Å²) in [5, 5.41) is 0. The van der Waals surface area contributed by atoms with E-state index in [0.717, 1.165) is 0 Å². The molecular weight excluding hydrogens is 263 g/mol. The molecule has 4 atom stereocenters. The molecule has 0 aliphatic carbocycles. The van der Waals surface area contributed by atoms with E-state index in [9.17, 15) is 4.39 Å². The van der Waals surface area contributed by atoms with Crippen molar-refractivity contribution in [2.45, 2.75) is 44.6 Å². The molecule has 2 fully saturated rings. The molecule has 0 N–H and O–H groups in total. The van der Waals surface area contributed by atoms with E-state index in [1.54, 1.807) is 26.2 Å². The highest BCUT2D eigenvalue weighted by atomic mass is 19.1. The third-order valence-corrected chi connectivity index (χ3v) is 3.94. The highest BCUT2D eigenvalue weighted by Crippen LogP contribution is 2.31. The summed E-state index contributed by atoms with van der Waals surface area (Å²) < 4.78 is 36.3. The highest BCUT2D eigenvalue weighted by Gasteiger charge is 2.44. The van der Waals surface area contributed by atoms with Gasteiger partial charge in [0, 0.05) is 19.1 Å². The van der Waals surface area contributed by atoms with Crippen LogP contribution < -0.4 is 0 Å². The quantitative estimate of drug-likeness (QED) is 0.848. The molecule has 2 aliphatic heterocycles. The summed E-state index contributed by atoms with van der Waals surface area (Å²) in [5.41, 5.74) is 1.20. The minimum Gasteiger partial charge on any atom is -0.376 e. The van der Waals surface area contributed by atoms with Crippen LogP contribution in [0.3, 0.4) is 0 Å². The van der Waals surface area contributed by atoms with Gasteiger partial charge < -0.3 is 18.9 Å². The van der Waals surface area contributed by atoms with Gasteiger partial charge in [-0.05, 0) is 12.5 Å². The predicted molar refractivity (Wildman–Crippen MR) is 69.7 cm³/mol. The van der Waals surface area contributed by atoms with E-state index in [1.165, 1.54) is 0 Å². The molecule has 1 aromatic carbocycles. The molecule has 2 bridgehead atoms. The summed E-state index contributed by atoms with van der Waals surface area (Å²) in [4.78, 5) is 0. The van der Waals surface area contributed by atoms with Crippen molar-refractivity contribution < 1.29 is 23.3 Å². The molecule has 0 spiro atoms. The Kier molecular flexibility index (Phi) is 4.03. The molecule has 2 aliphatic rings. The van der Waals surface area contributed by atoms with E-state index in [-0.39, 0.29) is 37.0 Å². The Balaban J connectivity index is 1.64. The van der Waals surface area contributed by atoms with Crippen LogP contribution in [0.4, 0.5) is 4.39 Å². The molecule has 110 valence electrons. The SMILES string of the molecule is CO[C@@H]1C[C@H](OCc2cccc(C)c2F)[C@H]2CO[C@@H]1O2. The second-order valence-corrected chi connectivity index (χ2v) is 5.28. The fourth-order valence-corrected chi connectivity index (χ4v) is 2.72. The standard InChI is InChI=1S/C15H19FO4/c1-9-4-3-5-10(14(9)16)7-18-11-6-12(17-2)15-19-8-13(11)20-15/h3-5,11-13,15H,6-8H2,1-2H3/t11-,12+,13+,15+/m0/s1. The van der Waals surface area contributed by atoms with Gasteiger partial charge in [0.05, 0.1) is 19.3 Å². The number of benzene rings is 1. The minimum atomic E-state index is -0.291. The third-order valence-electron chi connectivity index (χ3n) is 3.94. The van der Waals surface area contributed by atoms with Crippen LogP contribution in [-0.4, -0.2) is 38.3 Å². The van der Waals surface area contributed by atoms with E-state index in [2.05, 4.69) is 0 Å². The zero-order valence-corrected chi connectivity index (χ0v) is 11.7. The molecule has 0 radical (unpaired) electrons. The van der Waals surface area contributed by atoms with E-state index >= 15 is 0 Å². The van der Waals surface area contributed by atoms with Gasteiger partial charge in [0.1, 0.15) is 18.0 Å². The number of aryl methyl sites for hydroxylation is 1. The summed E-state index contributed by atoms with van der Waals surface area (Å²) in [6, 6.07) is 5.33. The maximum Gasteiger partial charge on any atom is 0.184 e.